The predicted molar refractivity (Wildman–Crippen MR) is 119 cm³/mol. The first-order chi connectivity index (χ1) is 14.8. The SMILES string of the molecule is CC(=O)Oc1cccc(C(=O)Nc2cc(C)nn2-c2cc(C)c3cccc(C)c3n2)c1. The number of para-hydroxylation sites is 1. The van der Waals surface area contributed by atoms with Gasteiger partial charge in [0.1, 0.15) is 11.6 Å². The molecule has 31 heavy (non-hydrogen) atoms. The molecule has 0 aliphatic heterocycles. The third-order valence-corrected chi connectivity index (χ3v) is 4.88. The summed E-state index contributed by atoms with van der Waals surface area (Å²) >= 11 is 0. The van der Waals surface area contributed by atoms with E-state index in [1.165, 1.54) is 13.0 Å². The molecule has 1 amide bonds. The Morgan fingerprint density at radius 2 is 1.74 bits per heavy atom. The minimum Gasteiger partial charge on any atom is -0.427 e. The molecule has 0 aliphatic rings. The number of amides is 1. The number of fused-ring (bicyclic) bond motifs is 1. The topological polar surface area (TPSA) is 86.1 Å². The third-order valence-electron chi connectivity index (χ3n) is 4.88. The van der Waals surface area contributed by atoms with Gasteiger partial charge in [-0.25, -0.2) is 4.98 Å². The smallest absolute Gasteiger partial charge is 0.308 e. The summed E-state index contributed by atoms with van der Waals surface area (Å²) in [7, 11) is 0. The van der Waals surface area contributed by atoms with Crippen molar-refractivity contribution in [3.63, 3.8) is 0 Å². The number of anilines is 1. The van der Waals surface area contributed by atoms with Crippen LogP contribution in [0.3, 0.4) is 0 Å². The standard InChI is InChI=1S/C24H22N4O3/c1-14-7-5-10-20-15(2)11-21(25-23(14)20)28-22(12-16(3)27-28)26-24(30)18-8-6-9-19(13-18)31-17(4)29/h5-13H,1-4H3,(H,26,30). The highest BCUT2D eigenvalue weighted by molar-refractivity contribution is 6.04. The van der Waals surface area contributed by atoms with Gasteiger partial charge in [0.2, 0.25) is 0 Å². The Bertz CT molecular complexity index is 1320. The molecule has 0 saturated carbocycles. The van der Waals surface area contributed by atoms with E-state index in [9.17, 15) is 9.59 Å². The fourth-order valence-electron chi connectivity index (χ4n) is 3.47. The summed E-state index contributed by atoms with van der Waals surface area (Å²) in [5.74, 6) is 0.645. The van der Waals surface area contributed by atoms with Crippen molar-refractivity contribution in [1.82, 2.24) is 14.8 Å². The van der Waals surface area contributed by atoms with Crippen LogP contribution in [0.2, 0.25) is 0 Å². The van der Waals surface area contributed by atoms with Crippen LogP contribution in [0.5, 0.6) is 5.75 Å². The number of hydrogen-bond donors (Lipinski definition) is 1. The van der Waals surface area contributed by atoms with Gasteiger partial charge in [0, 0.05) is 23.9 Å². The van der Waals surface area contributed by atoms with E-state index in [0.717, 1.165) is 27.7 Å². The largest absolute Gasteiger partial charge is 0.427 e. The van der Waals surface area contributed by atoms with Crippen molar-refractivity contribution in [2.24, 2.45) is 0 Å². The van der Waals surface area contributed by atoms with Gasteiger partial charge < -0.3 is 10.1 Å². The molecule has 4 aromatic rings. The second-order valence-corrected chi connectivity index (χ2v) is 7.43. The van der Waals surface area contributed by atoms with Crippen LogP contribution in [0.4, 0.5) is 5.82 Å². The molecule has 0 fully saturated rings. The summed E-state index contributed by atoms with van der Waals surface area (Å²) in [4.78, 5) is 28.9. The van der Waals surface area contributed by atoms with Gasteiger partial charge in [-0.05, 0) is 56.2 Å². The fourth-order valence-corrected chi connectivity index (χ4v) is 3.47. The number of carbonyl (C=O) groups excluding carboxylic acids is 2. The number of nitrogens with one attached hydrogen (secondary N) is 1. The first kappa shape index (κ1) is 20.3. The molecular weight excluding hydrogens is 392 g/mol. The molecule has 7 heteroatoms. The molecule has 2 aromatic heterocycles. The first-order valence-corrected chi connectivity index (χ1v) is 9.85. The van der Waals surface area contributed by atoms with Crippen molar-refractivity contribution in [2.75, 3.05) is 5.32 Å². The summed E-state index contributed by atoms with van der Waals surface area (Å²) in [6.45, 7) is 7.22. The lowest BCUT2D eigenvalue weighted by molar-refractivity contribution is -0.131. The Hall–Kier alpha value is -4.00. The van der Waals surface area contributed by atoms with Crippen LogP contribution in [-0.2, 0) is 4.79 Å². The van der Waals surface area contributed by atoms with Gasteiger partial charge >= 0.3 is 5.97 Å². The molecule has 0 bridgehead atoms. The normalized spacial score (nSPS) is 10.8. The van der Waals surface area contributed by atoms with E-state index in [4.69, 9.17) is 9.72 Å². The highest BCUT2D eigenvalue weighted by Gasteiger charge is 2.15. The van der Waals surface area contributed by atoms with E-state index < -0.39 is 5.97 Å². The zero-order valence-electron chi connectivity index (χ0n) is 17.8. The molecule has 2 aromatic carbocycles. The Labute approximate surface area is 179 Å². The highest BCUT2D eigenvalue weighted by Crippen LogP contribution is 2.25. The number of rotatable bonds is 4. The average molecular weight is 414 g/mol. The van der Waals surface area contributed by atoms with E-state index in [1.54, 1.807) is 28.9 Å². The second-order valence-electron chi connectivity index (χ2n) is 7.43. The number of esters is 1. The van der Waals surface area contributed by atoms with Crippen LogP contribution >= 0.6 is 0 Å². The lowest BCUT2D eigenvalue weighted by Gasteiger charge is -2.12. The van der Waals surface area contributed by atoms with Crippen molar-refractivity contribution >= 4 is 28.6 Å². The van der Waals surface area contributed by atoms with Crippen molar-refractivity contribution in [1.29, 1.82) is 0 Å². The average Bonchev–Trinajstić information content (AvgIpc) is 3.08. The maximum Gasteiger partial charge on any atom is 0.308 e. The molecular formula is C24H22N4O3. The minimum absolute atomic E-state index is 0.312. The van der Waals surface area contributed by atoms with Gasteiger partial charge in [-0.2, -0.15) is 9.78 Å². The van der Waals surface area contributed by atoms with E-state index >= 15 is 0 Å². The van der Waals surface area contributed by atoms with Gasteiger partial charge in [0.25, 0.3) is 5.91 Å². The molecule has 7 nitrogen and oxygen atoms in total. The Balaban J connectivity index is 1.70. The van der Waals surface area contributed by atoms with Gasteiger partial charge in [-0.15, -0.1) is 0 Å². The number of aryl methyl sites for hydroxylation is 3. The van der Waals surface area contributed by atoms with E-state index in [2.05, 4.69) is 10.4 Å². The maximum absolute atomic E-state index is 12.9. The van der Waals surface area contributed by atoms with Crippen molar-refractivity contribution in [2.45, 2.75) is 27.7 Å². The molecule has 156 valence electrons. The van der Waals surface area contributed by atoms with Crippen LogP contribution in [0, 0.1) is 20.8 Å². The van der Waals surface area contributed by atoms with Crippen LogP contribution in [0.15, 0.2) is 54.6 Å². The molecule has 0 aliphatic carbocycles. The van der Waals surface area contributed by atoms with Crippen molar-refractivity contribution in [3.8, 4) is 11.6 Å². The van der Waals surface area contributed by atoms with Crippen molar-refractivity contribution in [3.05, 3.63) is 77.0 Å². The quantitative estimate of drug-likeness (QED) is 0.392. The van der Waals surface area contributed by atoms with Gasteiger partial charge in [-0.3, -0.25) is 9.59 Å². The number of carbonyl (C=O) groups is 2. The lowest BCUT2D eigenvalue weighted by Crippen LogP contribution is -2.16. The number of benzene rings is 2. The van der Waals surface area contributed by atoms with Gasteiger partial charge in [-0.1, -0.05) is 24.3 Å². The second kappa shape index (κ2) is 8.02. The number of hydrogen-bond acceptors (Lipinski definition) is 5. The molecule has 4 rings (SSSR count). The van der Waals surface area contributed by atoms with E-state index in [0.29, 0.717) is 22.9 Å². The summed E-state index contributed by atoms with van der Waals surface area (Å²) in [5.41, 5.74) is 4.15. The highest BCUT2D eigenvalue weighted by atomic mass is 16.5. The molecule has 0 unspecified atom stereocenters. The monoisotopic (exact) mass is 414 g/mol. The van der Waals surface area contributed by atoms with Gasteiger partial charge in [0.05, 0.1) is 11.2 Å². The van der Waals surface area contributed by atoms with Crippen LogP contribution in [0.1, 0.15) is 34.1 Å². The minimum atomic E-state index is -0.445. The number of ether oxygens (including phenoxy) is 1. The zero-order valence-corrected chi connectivity index (χ0v) is 17.8. The Kier molecular flexibility index (Phi) is 5.25. The molecule has 0 radical (unpaired) electrons. The molecule has 0 saturated heterocycles. The van der Waals surface area contributed by atoms with E-state index in [-0.39, 0.29) is 5.91 Å². The summed E-state index contributed by atoms with van der Waals surface area (Å²) in [6.07, 6.45) is 0. The number of aromatic nitrogens is 3. The fraction of sp³-hybridized carbons (Fsp3) is 0.167. The summed E-state index contributed by atoms with van der Waals surface area (Å²) in [6, 6.07) is 16.3. The third kappa shape index (κ3) is 4.16. The first-order valence-electron chi connectivity index (χ1n) is 9.85. The van der Waals surface area contributed by atoms with Crippen molar-refractivity contribution < 1.29 is 14.3 Å². The Morgan fingerprint density at radius 1 is 0.968 bits per heavy atom. The van der Waals surface area contributed by atoms with E-state index in [1.807, 2.05) is 45.0 Å². The molecule has 0 spiro atoms. The molecule has 2 heterocycles. The maximum atomic E-state index is 12.9. The van der Waals surface area contributed by atoms with Crippen LogP contribution in [-0.4, -0.2) is 26.6 Å². The van der Waals surface area contributed by atoms with Gasteiger partial charge in [0.15, 0.2) is 5.82 Å². The number of pyridine rings is 1. The predicted octanol–water partition coefficient (Wildman–Crippen LogP) is 4.52. The zero-order chi connectivity index (χ0) is 22.1. The van der Waals surface area contributed by atoms with Crippen LogP contribution < -0.4 is 10.1 Å². The van der Waals surface area contributed by atoms with Crippen LogP contribution in [0.25, 0.3) is 16.7 Å². The molecule has 1 N–H and O–H groups in total. The summed E-state index contributed by atoms with van der Waals surface area (Å²) < 4.78 is 6.70. The molecule has 0 atom stereocenters. The lowest BCUT2D eigenvalue weighted by atomic mass is 10.1. The number of nitrogens with zero attached hydrogens (tertiary/aromatic N) is 3. The Morgan fingerprint density at radius 3 is 2.52 bits per heavy atom. The summed E-state index contributed by atoms with van der Waals surface area (Å²) in [5, 5.41) is 8.51.